The van der Waals surface area contributed by atoms with Crippen molar-refractivity contribution in [2.75, 3.05) is 0 Å². The Morgan fingerprint density at radius 2 is 1.82 bits per heavy atom. The van der Waals surface area contributed by atoms with E-state index in [4.69, 9.17) is 0 Å². The van der Waals surface area contributed by atoms with Gasteiger partial charge in [-0.15, -0.1) is 0 Å². The first-order chi connectivity index (χ1) is 15.8. The standard InChI is InChI=1S/C23H28N6O4/c1-14(2)10-27-13-24-20-19(27)22(32)29(12-18(30)25-26-21(31)17-9-15(17)3)23(33)28(20)11-16-7-5-4-6-8-16/h4-8,13-15,17H,9-12H2,1-3H3,(H,25,30)(H,26,31). The summed E-state index contributed by atoms with van der Waals surface area (Å²) in [6, 6.07) is 9.35. The maximum atomic E-state index is 13.3. The lowest BCUT2D eigenvalue weighted by molar-refractivity contribution is -0.130. The minimum absolute atomic E-state index is 0.113. The Morgan fingerprint density at radius 3 is 2.45 bits per heavy atom. The van der Waals surface area contributed by atoms with Crippen LogP contribution >= 0.6 is 0 Å². The second-order valence-electron chi connectivity index (χ2n) is 9.07. The summed E-state index contributed by atoms with van der Waals surface area (Å²) in [6.07, 6.45) is 2.33. The highest BCUT2D eigenvalue weighted by atomic mass is 16.2. The Kier molecular flexibility index (Phi) is 6.17. The van der Waals surface area contributed by atoms with Crippen LogP contribution < -0.4 is 22.1 Å². The molecule has 1 fully saturated rings. The van der Waals surface area contributed by atoms with Gasteiger partial charge in [0, 0.05) is 12.5 Å². The van der Waals surface area contributed by atoms with Crippen LogP contribution in [0, 0.1) is 17.8 Å². The first kappa shape index (κ1) is 22.5. The number of imidazole rings is 1. The van der Waals surface area contributed by atoms with E-state index >= 15 is 0 Å². The van der Waals surface area contributed by atoms with Crippen LogP contribution in [-0.4, -0.2) is 30.5 Å². The van der Waals surface area contributed by atoms with Crippen LogP contribution in [0.4, 0.5) is 0 Å². The lowest BCUT2D eigenvalue weighted by Gasteiger charge is -2.14. The average Bonchev–Trinajstić information content (AvgIpc) is 3.38. The van der Waals surface area contributed by atoms with E-state index in [9.17, 15) is 19.2 Å². The van der Waals surface area contributed by atoms with Gasteiger partial charge in [0.25, 0.3) is 11.5 Å². The SMILES string of the molecule is CC(C)Cn1cnc2c1c(=O)n(CC(=O)NNC(=O)C1CC1C)c(=O)n2Cc1ccccc1. The quantitative estimate of drug-likeness (QED) is 0.516. The number of carbonyl (C=O) groups is 2. The Morgan fingerprint density at radius 1 is 1.12 bits per heavy atom. The van der Waals surface area contributed by atoms with E-state index in [0.717, 1.165) is 16.6 Å². The zero-order chi connectivity index (χ0) is 23.7. The van der Waals surface area contributed by atoms with Crippen molar-refractivity contribution < 1.29 is 9.59 Å². The zero-order valence-electron chi connectivity index (χ0n) is 18.9. The van der Waals surface area contributed by atoms with E-state index in [1.807, 2.05) is 51.1 Å². The third-order valence-corrected chi connectivity index (χ3v) is 5.80. The molecule has 0 bridgehead atoms. The number of carbonyl (C=O) groups excluding carboxylic acids is 2. The molecule has 0 radical (unpaired) electrons. The fourth-order valence-electron chi connectivity index (χ4n) is 3.91. The minimum atomic E-state index is -0.656. The Balaban J connectivity index is 1.70. The molecule has 2 atom stereocenters. The topological polar surface area (TPSA) is 120 Å². The molecule has 10 heteroatoms. The molecule has 1 aliphatic rings. The number of fused-ring (bicyclic) bond motifs is 1. The largest absolute Gasteiger partial charge is 0.333 e. The molecule has 0 saturated heterocycles. The Hall–Kier alpha value is -3.69. The third-order valence-electron chi connectivity index (χ3n) is 5.80. The molecule has 10 nitrogen and oxygen atoms in total. The van der Waals surface area contributed by atoms with E-state index in [0.29, 0.717) is 12.5 Å². The van der Waals surface area contributed by atoms with Crippen molar-refractivity contribution in [3.8, 4) is 0 Å². The van der Waals surface area contributed by atoms with Crippen LogP contribution in [0.25, 0.3) is 11.2 Å². The number of nitrogens with zero attached hydrogens (tertiary/aromatic N) is 4. The number of aromatic nitrogens is 4. The predicted octanol–water partition coefficient (Wildman–Crippen LogP) is 0.867. The molecule has 2 N–H and O–H groups in total. The van der Waals surface area contributed by atoms with Crippen molar-refractivity contribution in [1.29, 1.82) is 0 Å². The monoisotopic (exact) mass is 452 g/mol. The number of nitrogens with one attached hydrogen (secondary N) is 2. The summed E-state index contributed by atoms with van der Waals surface area (Å²) in [5, 5.41) is 0. The van der Waals surface area contributed by atoms with Crippen LogP contribution in [-0.2, 0) is 29.2 Å². The summed E-state index contributed by atoms with van der Waals surface area (Å²) in [7, 11) is 0. The van der Waals surface area contributed by atoms with E-state index in [1.54, 1.807) is 10.9 Å². The smallest absolute Gasteiger partial charge is 0.324 e. The van der Waals surface area contributed by atoms with Gasteiger partial charge in [-0.25, -0.2) is 14.3 Å². The first-order valence-corrected chi connectivity index (χ1v) is 11.1. The second-order valence-corrected chi connectivity index (χ2v) is 9.07. The second kappa shape index (κ2) is 9.05. The van der Waals surface area contributed by atoms with Crippen LogP contribution in [0.2, 0.25) is 0 Å². The number of hydrogen-bond donors (Lipinski definition) is 2. The number of hydrazine groups is 1. The van der Waals surface area contributed by atoms with Crippen LogP contribution in [0.15, 0.2) is 46.2 Å². The van der Waals surface area contributed by atoms with Gasteiger partial charge in [-0.2, -0.15) is 0 Å². The third kappa shape index (κ3) is 4.74. The van der Waals surface area contributed by atoms with E-state index in [1.165, 1.54) is 4.57 Å². The first-order valence-electron chi connectivity index (χ1n) is 11.1. The summed E-state index contributed by atoms with van der Waals surface area (Å²) < 4.78 is 4.01. The van der Waals surface area contributed by atoms with Gasteiger partial charge < -0.3 is 4.57 Å². The van der Waals surface area contributed by atoms with E-state index in [2.05, 4.69) is 15.8 Å². The molecule has 0 spiro atoms. The Labute approximate surface area is 190 Å². The van der Waals surface area contributed by atoms with E-state index < -0.39 is 23.7 Å². The number of benzene rings is 1. The molecule has 3 aromatic rings. The predicted molar refractivity (Wildman–Crippen MR) is 122 cm³/mol. The van der Waals surface area contributed by atoms with Gasteiger partial charge in [0.05, 0.1) is 12.9 Å². The van der Waals surface area contributed by atoms with Gasteiger partial charge >= 0.3 is 5.69 Å². The number of amides is 2. The fraction of sp³-hybridized carbons (Fsp3) is 0.435. The van der Waals surface area contributed by atoms with Crippen molar-refractivity contribution in [3.05, 3.63) is 63.1 Å². The van der Waals surface area contributed by atoms with Crippen molar-refractivity contribution in [3.63, 3.8) is 0 Å². The van der Waals surface area contributed by atoms with Gasteiger partial charge in [-0.05, 0) is 23.8 Å². The molecule has 2 amide bonds. The highest BCUT2D eigenvalue weighted by Gasteiger charge is 2.39. The summed E-state index contributed by atoms with van der Waals surface area (Å²) in [6.45, 7) is 6.21. The number of rotatable bonds is 7. The summed E-state index contributed by atoms with van der Waals surface area (Å²) in [5.74, 6) is -0.504. The van der Waals surface area contributed by atoms with Crippen molar-refractivity contribution in [1.82, 2.24) is 29.5 Å². The fourth-order valence-corrected chi connectivity index (χ4v) is 3.91. The molecular weight excluding hydrogens is 424 g/mol. The maximum absolute atomic E-state index is 13.3. The molecular formula is C23H28N6O4. The summed E-state index contributed by atoms with van der Waals surface area (Å²) in [5.41, 5.74) is 4.88. The molecule has 2 unspecified atom stereocenters. The van der Waals surface area contributed by atoms with Gasteiger partial charge in [-0.1, -0.05) is 51.1 Å². The molecule has 33 heavy (non-hydrogen) atoms. The molecule has 174 valence electrons. The molecule has 2 heterocycles. The van der Waals surface area contributed by atoms with Gasteiger partial charge in [0.2, 0.25) is 5.91 Å². The van der Waals surface area contributed by atoms with Crippen molar-refractivity contribution >= 4 is 23.0 Å². The van der Waals surface area contributed by atoms with Crippen molar-refractivity contribution in [2.45, 2.75) is 46.8 Å². The lowest BCUT2D eigenvalue weighted by atomic mass is 10.2. The normalized spacial score (nSPS) is 17.3. The molecule has 0 aliphatic heterocycles. The van der Waals surface area contributed by atoms with Gasteiger partial charge in [0.15, 0.2) is 11.2 Å². The molecule has 1 saturated carbocycles. The lowest BCUT2D eigenvalue weighted by Crippen LogP contribution is -2.48. The highest BCUT2D eigenvalue weighted by molar-refractivity contribution is 5.85. The van der Waals surface area contributed by atoms with Gasteiger partial charge in [0.1, 0.15) is 6.54 Å². The summed E-state index contributed by atoms with van der Waals surface area (Å²) >= 11 is 0. The highest BCUT2D eigenvalue weighted by Crippen LogP contribution is 2.37. The molecule has 2 aromatic heterocycles. The molecule has 1 aromatic carbocycles. The zero-order valence-corrected chi connectivity index (χ0v) is 18.9. The maximum Gasteiger partial charge on any atom is 0.333 e. The molecule has 1 aliphatic carbocycles. The van der Waals surface area contributed by atoms with Gasteiger partial charge in [-0.3, -0.25) is 29.8 Å². The average molecular weight is 453 g/mol. The van der Waals surface area contributed by atoms with Crippen molar-refractivity contribution in [2.24, 2.45) is 17.8 Å². The van der Waals surface area contributed by atoms with Crippen LogP contribution in [0.5, 0.6) is 0 Å². The van der Waals surface area contributed by atoms with Crippen LogP contribution in [0.3, 0.4) is 0 Å². The van der Waals surface area contributed by atoms with Crippen LogP contribution in [0.1, 0.15) is 32.8 Å². The molecule has 4 rings (SSSR count). The van der Waals surface area contributed by atoms with E-state index in [-0.39, 0.29) is 35.5 Å². The summed E-state index contributed by atoms with van der Waals surface area (Å²) in [4.78, 5) is 55.4. The number of hydrogen-bond acceptors (Lipinski definition) is 5. The minimum Gasteiger partial charge on any atom is -0.324 e. The Bertz CT molecular complexity index is 1300.